The van der Waals surface area contributed by atoms with Gasteiger partial charge in [0.1, 0.15) is 5.75 Å². The average Bonchev–Trinajstić information content (AvgIpc) is 1.98. The van der Waals surface area contributed by atoms with Crippen LogP contribution in [0.1, 0.15) is 5.56 Å². The number of phenols is 1. The first kappa shape index (κ1) is 10.5. The molecular formula is C8H5Br2O3. The molecule has 0 aromatic heterocycles. The molecule has 0 saturated carbocycles. The van der Waals surface area contributed by atoms with Crippen LogP contribution in [-0.4, -0.2) is 16.2 Å². The van der Waals surface area contributed by atoms with E-state index in [2.05, 4.69) is 31.9 Å². The van der Waals surface area contributed by atoms with Crippen molar-refractivity contribution in [2.75, 3.05) is 0 Å². The van der Waals surface area contributed by atoms with Gasteiger partial charge in [0.05, 0.1) is 15.4 Å². The second kappa shape index (κ2) is 4.11. The summed E-state index contributed by atoms with van der Waals surface area (Å²) in [6.07, 6.45) is 1.05. The van der Waals surface area contributed by atoms with Crippen LogP contribution >= 0.6 is 31.9 Å². The van der Waals surface area contributed by atoms with Crippen molar-refractivity contribution in [2.24, 2.45) is 0 Å². The molecule has 0 unspecified atom stereocenters. The van der Waals surface area contributed by atoms with Gasteiger partial charge in [-0.2, -0.15) is 0 Å². The van der Waals surface area contributed by atoms with Crippen molar-refractivity contribution < 1.29 is 15.0 Å². The fraction of sp³-hybridized carbons (Fsp3) is 0. The Balaban J connectivity index is 3.06. The lowest BCUT2D eigenvalue weighted by Gasteiger charge is -2.02. The minimum Gasteiger partial charge on any atom is -0.506 e. The molecule has 0 amide bonds. The van der Waals surface area contributed by atoms with Crippen molar-refractivity contribution in [3.8, 4) is 5.75 Å². The zero-order chi connectivity index (χ0) is 10.0. The van der Waals surface area contributed by atoms with E-state index in [-0.39, 0.29) is 5.75 Å². The van der Waals surface area contributed by atoms with E-state index < -0.39 is 5.97 Å². The lowest BCUT2D eigenvalue weighted by molar-refractivity contribution is -0.132. The van der Waals surface area contributed by atoms with Crippen LogP contribution in [0.2, 0.25) is 0 Å². The molecule has 1 aromatic carbocycles. The molecule has 69 valence electrons. The molecule has 5 heteroatoms. The van der Waals surface area contributed by atoms with Crippen molar-refractivity contribution in [1.82, 2.24) is 0 Å². The molecule has 0 saturated heterocycles. The van der Waals surface area contributed by atoms with Gasteiger partial charge in [0.2, 0.25) is 0 Å². The lowest BCUT2D eigenvalue weighted by atomic mass is 10.1. The highest BCUT2D eigenvalue weighted by Crippen LogP contribution is 2.33. The molecule has 0 fully saturated rings. The summed E-state index contributed by atoms with van der Waals surface area (Å²) in [5, 5.41) is 17.8. The minimum atomic E-state index is -1.02. The summed E-state index contributed by atoms with van der Waals surface area (Å²) < 4.78 is 0.906. The first-order chi connectivity index (χ1) is 6.00. The van der Waals surface area contributed by atoms with Crippen LogP contribution in [0.4, 0.5) is 0 Å². The number of carbonyl (C=O) groups is 1. The average molecular weight is 309 g/mol. The molecule has 0 aliphatic rings. The van der Waals surface area contributed by atoms with Gasteiger partial charge < -0.3 is 10.2 Å². The van der Waals surface area contributed by atoms with E-state index in [0.29, 0.717) is 14.5 Å². The molecule has 0 heterocycles. The molecule has 0 atom stereocenters. The van der Waals surface area contributed by atoms with Crippen LogP contribution in [-0.2, 0) is 4.79 Å². The standard InChI is InChI=1S/C8H5Br2O3/c9-5-1-4(3-7(11)12)2-6(10)8(5)13/h1-3,13H,(H,11,12). The van der Waals surface area contributed by atoms with Gasteiger partial charge in [-0.15, -0.1) is 0 Å². The van der Waals surface area contributed by atoms with Gasteiger partial charge in [0.25, 0.3) is 0 Å². The first-order valence-electron chi connectivity index (χ1n) is 3.26. The maximum absolute atomic E-state index is 10.3. The number of carboxylic acids is 1. The maximum Gasteiger partial charge on any atom is 0.312 e. The van der Waals surface area contributed by atoms with Crippen LogP contribution in [0, 0.1) is 6.42 Å². The molecule has 2 N–H and O–H groups in total. The second-order valence-electron chi connectivity index (χ2n) is 2.32. The van der Waals surface area contributed by atoms with Gasteiger partial charge in [-0.3, -0.25) is 4.79 Å². The highest BCUT2D eigenvalue weighted by molar-refractivity contribution is 9.11. The normalized spacial score (nSPS) is 10.0. The van der Waals surface area contributed by atoms with E-state index in [9.17, 15) is 9.90 Å². The molecule has 0 bridgehead atoms. The van der Waals surface area contributed by atoms with E-state index in [1.165, 1.54) is 12.1 Å². The Morgan fingerprint density at radius 3 is 2.15 bits per heavy atom. The van der Waals surface area contributed by atoms with Gasteiger partial charge in [-0.05, 0) is 49.6 Å². The van der Waals surface area contributed by atoms with Gasteiger partial charge >= 0.3 is 5.97 Å². The van der Waals surface area contributed by atoms with Gasteiger partial charge in [0.15, 0.2) is 0 Å². The molecule has 1 aromatic rings. The number of hydrogen-bond acceptors (Lipinski definition) is 2. The highest BCUT2D eigenvalue weighted by Gasteiger charge is 2.08. The van der Waals surface area contributed by atoms with Crippen molar-refractivity contribution >= 4 is 37.8 Å². The van der Waals surface area contributed by atoms with Gasteiger partial charge in [-0.25, -0.2) is 0 Å². The monoisotopic (exact) mass is 307 g/mol. The van der Waals surface area contributed by atoms with Crippen LogP contribution in [0.15, 0.2) is 21.1 Å². The molecule has 1 rings (SSSR count). The van der Waals surface area contributed by atoms with E-state index in [1.807, 2.05) is 0 Å². The molecule has 13 heavy (non-hydrogen) atoms. The molecule has 0 aliphatic carbocycles. The molecule has 1 radical (unpaired) electrons. The zero-order valence-corrected chi connectivity index (χ0v) is 9.46. The number of phenolic OH excluding ortho intramolecular Hbond substituents is 1. The molecular weight excluding hydrogens is 304 g/mol. The molecule has 0 spiro atoms. The zero-order valence-electron chi connectivity index (χ0n) is 6.29. The van der Waals surface area contributed by atoms with E-state index >= 15 is 0 Å². The van der Waals surface area contributed by atoms with Crippen LogP contribution in [0.25, 0.3) is 0 Å². The SMILES string of the molecule is O=C(O)[CH]c1cc(Br)c(O)c(Br)c1. The lowest BCUT2D eigenvalue weighted by Crippen LogP contribution is -1.96. The Kier molecular flexibility index (Phi) is 3.33. The summed E-state index contributed by atoms with van der Waals surface area (Å²) in [6, 6.07) is 3.04. The second-order valence-corrected chi connectivity index (χ2v) is 4.02. The Hall–Kier alpha value is -0.550. The van der Waals surface area contributed by atoms with Crippen LogP contribution in [0.5, 0.6) is 5.75 Å². The quantitative estimate of drug-likeness (QED) is 0.883. The first-order valence-corrected chi connectivity index (χ1v) is 4.85. The van der Waals surface area contributed by atoms with E-state index in [4.69, 9.17) is 5.11 Å². The summed E-state index contributed by atoms with van der Waals surface area (Å²) in [7, 11) is 0. The van der Waals surface area contributed by atoms with Gasteiger partial charge in [-0.1, -0.05) is 0 Å². The number of aromatic hydroxyl groups is 1. The predicted octanol–water partition coefficient (Wildman–Crippen LogP) is 2.55. The fourth-order valence-corrected chi connectivity index (χ4v) is 2.03. The molecule has 0 aliphatic heterocycles. The summed E-state index contributed by atoms with van der Waals surface area (Å²) in [5.74, 6) is -0.966. The third kappa shape index (κ3) is 2.70. The number of aliphatic carboxylic acids is 1. The fourth-order valence-electron chi connectivity index (χ4n) is 0.811. The van der Waals surface area contributed by atoms with Crippen molar-refractivity contribution in [3.63, 3.8) is 0 Å². The summed E-state index contributed by atoms with van der Waals surface area (Å²) >= 11 is 6.19. The third-order valence-corrected chi connectivity index (χ3v) is 2.54. The maximum atomic E-state index is 10.3. The van der Waals surface area contributed by atoms with Gasteiger partial charge in [0, 0.05) is 0 Å². The topological polar surface area (TPSA) is 57.5 Å². The Morgan fingerprint density at radius 2 is 1.77 bits per heavy atom. The van der Waals surface area contributed by atoms with Crippen molar-refractivity contribution in [2.45, 2.75) is 0 Å². The van der Waals surface area contributed by atoms with Crippen molar-refractivity contribution in [3.05, 3.63) is 33.1 Å². The molecule has 3 nitrogen and oxygen atoms in total. The van der Waals surface area contributed by atoms with Crippen molar-refractivity contribution in [1.29, 1.82) is 0 Å². The number of rotatable bonds is 2. The number of hydrogen-bond donors (Lipinski definition) is 2. The summed E-state index contributed by atoms with van der Waals surface area (Å²) in [5.41, 5.74) is 0.504. The minimum absolute atomic E-state index is 0.0579. The third-order valence-electron chi connectivity index (χ3n) is 1.33. The number of carboxylic acid groups (broad SMARTS) is 1. The van der Waals surface area contributed by atoms with E-state index in [1.54, 1.807) is 0 Å². The van der Waals surface area contributed by atoms with Crippen LogP contribution < -0.4 is 0 Å². The summed E-state index contributed by atoms with van der Waals surface area (Å²) in [6.45, 7) is 0. The number of benzene rings is 1. The Labute approximate surface area is 91.6 Å². The Bertz CT molecular complexity index is 326. The van der Waals surface area contributed by atoms with E-state index in [0.717, 1.165) is 6.42 Å². The smallest absolute Gasteiger partial charge is 0.312 e. The summed E-state index contributed by atoms with van der Waals surface area (Å²) in [4.78, 5) is 10.3. The largest absolute Gasteiger partial charge is 0.506 e. The Morgan fingerprint density at radius 1 is 1.31 bits per heavy atom. The predicted molar refractivity (Wildman–Crippen MR) is 54.5 cm³/mol. The highest BCUT2D eigenvalue weighted by atomic mass is 79.9. The number of halogens is 2. The van der Waals surface area contributed by atoms with Crippen LogP contribution in [0.3, 0.4) is 0 Å².